The van der Waals surface area contributed by atoms with Crippen LogP contribution in [0.3, 0.4) is 0 Å². The van der Waals surface area contributed by atoms with Gasteiger partial charge >= 0.3 is 0 Å². The fraction of sp³-hybridized carbons (Fsp3) is 0.462. The molecule has 4 nitrogen and oxygen atoms in total. The molecule has 0 saturated heterocycles. The molecular weight excluding hydrogens is 252 g/mol. The number of aliphatic hydroxyl groups is 1. The highest BCUT2D eigenvalue weighted by Gasteiger charge is 2.26. The molecule has 4 N–H and O–H groups in total. The maximum atomic E-state index is 12.1. The van der Waals surface area contributed by atoms with Crippen molar-refractivity contribution < 1.29 is 9.90 Å². The van der Waals surface area contributed by atoms with Gasteiger partial charge in [-0.25, -0.2) is 0 Å². The monoisotopic (exact) mass is 268 g/mol. The van der Waals surface area contributed by atoms with Crippen molar-refractivity contribution in [3.05, 3.63) is 28.8 Å². The molecule has 0 aromatic heterocycles. The molecule has 0 radical (unpaired) electrons. The topological polar surface area (TPSA) is 75.4 Å². The number of aliphatic hydroxyl groups excluding tert-OH is 1. The van der Waals surface area contributed by atoms with E-state index < -0.39 is 6.10 Å². The number of amides is 1. The summed E-state index contributed by atoms with van der Waals surface area (Å²) in [7, 11) is 0. The summed E-state index contributed by atoms with van der Waals surface area (Å²) < 4.78 is 0. The Morgan fingerprint density at radius 3 is 2.78 bits per heavy atom. The van der Waals surface area contributed by atoms with E-state index in [1.54, 1.807) is 18.2 Å². The maximum Gasteiger partial charge on any atom is 0.255 e. The van der Waals surface area contributed by atoms with Gasteiger partial charge in [-0.2, -0.15) is 0 Å². The van der Waals surface area contributed by atoms with Gasteiger partial charge < -0.3 is 16.2 Å². The van der Waals surface area contributed by atoms with Crippen LogP contribution in [0.15, 0.2) is 18.2 Å². The van der Waals surface area contributed by atoms with Crippen molar-refractivity contribution in [1.82, 2.24) is 5.32 Å². The molecule has 1 aliphatic rings. The van der Waals surface area contributed by atoms with Crippen molar-refractivity contribution >= 4 is 23.2 Å². The number of carbonyl (C=O) groups is 1. The van der Waals surface area contributed by atoms with Gasteiger partial charge in [0.2, 0.25) is 0 Å². The molecule has 2 atom stereocenters. The van der Waals surface area contributed by atoms with Crippen LogP contribution in [0.25, 0.3) is 0 Å². The van der Waals surface area contributed by atoms with Crippen LogP contribution in [0.2, 0.25) is 5.02 Å². The molecule has 98 valence electrons. The van der Waals surface area contributed by atoms with Crippen molar-refractivity contribution in [2.45, 2.75) is 37.8 Å². The Morgan fingerprint density at radius 2 is 2.11 bits per heavy atom. The van der Waals surface area contributed by atoms with E-state index in [1.807, 2.05) is 0 Å². The summed E-state index contributed by atoms with van der Waals surface area (Å²) in [5.41, 5.74) is 6.40. The lowest BCUT2D eigenvalue weighted by atomic mass is 9.92. The Kier molecular flexibility index (Phi) is 4.09. The molecule has 1 fully saturated rings. The fourth-order valence-electron chi connectivity index (χ4n) is 2.30. The molecular formula is C13H17ClN2O2. The van der Waals surface area contributed by atoms with Crippen molar-refractivity contribution in [1.29, 1.82) is 0 Å². The number of hydrogen-bond acceptors (Lipinski definition) is 3. The Bertz CT molecular complexity index is 430. The Balaban J connectivity index is 2.12. The van der Waals surface area contributed by atoms with Gasteiger partial charge in [-0.05, 0) is 25.0 Å². The average molecular weight is 269 g/mol. The largest absolute Gasteiger partial charge is 0.398 e. The molecule has 1 amide bonds. The van der Waals surface area contributed by atoms with E-state index in [4.69, 9.17) is 17.3 Å². The lowest BCUT2D eigenvalue weighted by molar-refractivity contribution is 0.0718. The molecule has 18 heavy (non-hydrogen) atoms. The predicted octanol–water partition coefficient (Wildman–Crippen LogP) is 1.96. The highest BCUT2D eigenvalue weighted by atomic mass is 35.5. The van der Waals surface area contributed by atoms with Crippen LogP contribution >= 0.6 is 11.6 Å². The zero-order valence-electron chi connectivity index (χ0n) is 10.0. The first-order chi connectivity index (χ1) is 8.59. The van der Waals surface area contributed by atoms with Crippen LogP contribution in [0, 0.1) is 0 Å². The van der Waals surface area contributed by atoms with Crippen LogP contribution < -0.4 is 11.1 Å². The van der Waals surface area contributed by atoms with Gasteiger partial charge in [0.1, 0.15) is 0 Å². The molecule has 1 aromatic carbocycles. The molecule has 5 heteroatoms. The van der Waals surface area contributed by atoms with Gasteiger partial charge in [0, 0.05) is 5.69 Å². The summed E-state index contributed by atoms with van der Waals surface area (Å²) >= 11 is 5.98. The third-order valence-electron chi connectivity index (χ3n) is 3.32. The van der Waals surface area contributed by atoms with Gasteiger partial charge in [-0.15, -0.1) is 0 Å². The van der Waals surface area contributed by atoms with Crippen LogP contribution in [-0.2, 0) is 0 Å². The van der Waals surface area contributed by atoms with E-state index in [9.17, 15) is 9.90 Å². The predicted molar refractivity (Wildman–Crippen MR) is 71.6 cm³/mol. The van der Waals surface area contributed by atoms with E-state index >= 15 is 0 Å². The molecule has 1 saturated carbocycles. The number of carbonyl (C=O) groups excluding carboxylic acids is 1. The number of nitrogens with one attached hydrogen (secondary N) is 1. The summed E-state index contributed by atoms with van der Waals surface area (Å²) in [6.07, 6.45) is 3.05. The first-order valence-electron chi connectivity index (χ1n) is 6.12. The smallest absolute Gasteiger partial charge is 0.255 e. The third kappa shape index (κ3) is 2.76. The van der Waals surface area contributed by atoms with Gasteiger partial charge in [0.05, 0.1) is 22.7 Å². The number of nitrogen functional groups attached to an aromatic ring is 1. The zero-order chi connectivity index (χ0) is 13.1. The first kappa shape index (κ1) is 13.2. The summed E-state index contributed by atoms with van der Waals surface area (Å²) in [5, 5.41) is 13.0. The van der Waals surface area contributed by atoms with Gasteiger partial charge in [-0.1, -0.05) is 30.5 Å². The second-order valence-corrected chi connectivity index (χ2v) is 5.04. The van der Waals surface area contributed by atoms with Crippen molar-refractivity contribution in [2.24, 2.45) is 0 Å². The van der Waals surface area contributed by atoms with Gasteiger partial charge in [0.15, 0.2) is 0 Å². The molecule has 0 unspecified atom stereocenters. The Morgan fingerprint density at radius 1 is 1.39 bits per heavy atom. The molecule has 0 heterocycles. The number of nitrogens with two attached hydrogens (primary N) is 1. The molecule has 2 rings (SSSR count). The molecule has 0 aliphatic heterocycles. The molecule has 1 aliphatic carbocycles. The van der Waals surface area contributed by atoms with E-state index in [0.29, 0.717) is 10.7 Å². The van der Waals surface area contributed by atoms with E-state index in [0.717, 1.165) is 25.7 Å². The van der Waals surface area contributed by atoms with E-state index in [1.165, 1.54) is 0 Å². The third-order valence-corrected chi connectivity index (χ3v) is 3.63. The second-order valence-electron chi connectivity index (χ2n) is 4.64. The van der Waals surface area contributed by atoms with Crippen LogP contribution in [0.1, 0.15) is 36.0 Å². The number of hydrogen-bond donors (Lipinski definition) is 3. The SMILES string of the molecule is Nc1cccc(Cl)c1C(=O)N[C@@H]1CCCC[C@H]1O. The maximum absolute atomic E-state index is 12.1. The minimum Gasteiger partial charge on any atom is -0.398 e. The number of rotatable bonds is 2. The normalized spacial score (nSPS) is 23.7. The quantitative estimate of drug-likeness (QED) is 0.718. The number of anilines is 1. The van der Waals surface area contributed by atoms with Crippen molar-refractivity contribution in [3.63, 3.8) is 0 Å². The Labute approximate surface area is 111 Å². The highest BCUT2D eigenvalue weighted by molar-refractivity contribution is 6.34. The number of benzene rings is 1. The molecule has 1 aromatic rings. The van der Waals surface area contributed by atoms with Crippen molar-refractivity contribution in [3.8, 4) is 0 Å². The second kappa shape index (κ2) is 5.59. The minimum absolute atomic E-state index is 0.207. The fourth-order valence-corrected chi connectivity index (χ4v) is 2.57. The van der Waals surface area contributed by atoms with Crippen LogP contribution in [-0.4, -0.2) is 23.2 Å². The van der Waals surface area contributed by atoms with E-state index in [2.05, 4.69) is 5.32 Å². The summed E-state index contributed by atoms with van der Waals surface area (Å²) in [5.74, 6) is -0.316. The lowest BCUT2D eigenvalue weighted by Crippen LogP contribution is -2.45. The standard InChI is InChI=1S/C13H17ClN2O2/c14-8-4-3-5-9(15)12(8)13(18)16-10-6-1-2-7-11(10)17/h3-5,10-11,17H,1-2,6-7,15H2,(H,16,18)/t10-,11-/m1/s1. The zero-order valence-corrected chi connectivity index (χ0v) is 10.8. The Hall–Kier alpha value is -1.26. The van der Waals surface area contributed by atoms with Gasteiger partial charge in [0.25, 0.3) is 5.91 Å². The summed E-state index contributed by atoms with van der Waals surface area (Å²) in [4.78, 5) is 12.1. The average Bonchev–Trinajstić information content (AvgIpc) is 2.32. The van der Waals surface area contributed by atoms with Crippen LogP contribution in [0.5, 0.6) is 0 Å². The summed E-state index contributed by atoms with van der Waals surface area (Å²) in [6.45, 7) is 0. The number of halogens is 1. The molecule has 0 spiro atoms. The lowest BCUT2D eigenvalue weighted by Gasteiger charge is -2.28. The van der Waals surface area contributed by atoms with Crippen LogP contribution in [0.4, 0.5) is 5.69 Å². The first-order valence-corrected chi connectivity index (χ1v) is 6.50. The minimum atomic E-state index is -0.480. The van der Waals surface area contributed by atoms with Gasteiger partial charge in [-0.3, -0.25) is 4.79 Å². The van der Waals surface area contributed by atoms with E-state index in [-0.39, 0.29) is 17.5 Å². The molecule has 0 bridgehead atoms. The highest BCUT2D eigenvalue weighted by Crippen LogP contribution is 2.23. The summed E-state index contributed by atoms with van der Waals surface area (Å²) in [6, 6.07) is 4.76. The van der Waals surface area contributed by atoms with Crippen molar-refractivity contribution in [2.75, 3.05) is 5.73 Å².